The van der Waals surface area contributed by atoms with Gasteiger partial charge >= 0.3 is 0 Å². The Balaban J connectivity index is 1.64. The van der Waals surface area contributed by atoms with Gasteiger partial charge in [-0.05, 0) is 30.2 Å². The Hall–Kier alpha value is -2.40. The Morgan fingerprint density at radius 1 is 1.14 bits per heavy atom. The highest BCUT2D eigenvalue weighted by molar-refractivity contribution is 6.30. The smallest absolute Gasteiger partial charge is 0.270 e. The van der Waals surface area contributed by atoms with E-state index in [9.17, 15) is 4.79 Å². The number of amides is 1. The highest BCUT2D eigenvalue weighted by atomic mass is 35.5. The largest absolute Gasteiger partial charge is 0.350 e. The molecule has 2 heterocycles. The number of aromatic nitrogens is 3. The number of hydrogen-bond donors (Lipinski definition) is 1. The molecule has 2 aromatic heterocycles. The molecule has 0 bridgehead atoms. The fourth-order valence-electron chi connectivity index (χ4n) is 2.07. The van der Waals surface area contributed by atoms with Crippen LogP contribution in [0.3, 0.4) is 0 Å². The molecule has 0 aliphatic carbocycles. The van der Waals surface area contributed by atoms with Crippen molar-refractivity contribution in [3.63, 3.8) is 0 Å². The van der Waals surface area contributed by atoms with Crippen LogP contribution in [0.1, 0.15) is 16.1 Å². The fourth-order valence-corrected chi connectivity index (χ4v) is 2.19. The first-order chi connectivity index (χ1) is 10.2. The van der Waals surface area contributed by atoms with Crippen molar-refractivity contribution in [3.05, 3.63) is 65.1 Å². The van der Waals surface area contributed by atoms with E-state index in [0.717, 1.165) is 12.0 Å². The van der Waals surface area contributed by atoms with Crippen molar-refractivity contribution in [1.82, 2.24) is 19.9 Å². The third kappa shape index (κ3) is 3.03. The lowest BCUT2D eigenvalue weighted by atomic mass is 10.1. The SMILES string of the molecule is O=C(NCCc1ccc(Cl)cc1)c1ccnc2ccnn12. The zero-order valence-corrected chi connectivity index (χ0v) is 11.9. The minimum atomic E-state index is -0.167. The van der Waals surface area contributed by atoms with Crippen LogP contribution < -0.4 is 5.32 Å². The molecule has 0 saturated heterocycles. The molecule has 21 heavy (non-hydrogen) atoms. The van der Waals surface area contributed by atoms with Crippen molar-refractivity contribution in [2.75, 3.05) is 6.54 Å². The number of hydrogen-bond acceptors (Lipinski definition) is 3. The Kier molecular flexibility index (Phi) is 3.83. The summed E-state index contributed by atoms with van der Waals surface area (Å²) in [6.07, 6.45) is 3.97. The van der Waals surface area contributed by atoms with Gasteiger partial charge in [-0.2, -0.15) is 5.10 Å². The molecule has 0 saturated carbocycles. The molecule has 3 rings (SSSR count). The predicted molar refractivity (Wildman–Crippen MR) is 80.5 cm³/mol. The molecule has 1 aromatic carbocycles. The lowest BCUT2D eigenvalue weighted by molar-refractivity contribution is 0.0946. The zero-order valence-electron chi connectivity index (χ0n) is 11.2. The first kappa shape index (κ1) is 13.6. The number of benzene rings is 1. The molecular weight excluding hydrogens is 288 g/mol. The van der Waals surface area contributed by atoms with Crippen LogP contribution >= 0.6 is 11.6 Å². The number of carbonyl (C=O) groups is 1. The van der Waals surface area contributed by atoms with Crippen molar-refractivity contribution >= 4 is 23.2 Å². The van der Waals surface area contributed by atoms with E-state index in [1.807, 2.05) is 24.3 Å². The second-order valence-corrected chi connectivity index (χ2v) is 5.00. The summed E-state index contributed by atoms with van der Waals surface area (Å²) in [5, 5.41) is 7.69. The first-order valence-electron chi connectivity index (χ1n) is 6.55. The molecule has 0 radical (unpaired) electrons. The molecule has 6 heteroatoms. The summed E-state index contributed by atoms with van der Waals surface area (Å²) in [7, 11) is 0. The molecule has 0 aliphatic rings. The van der Waals surface area contributed by atoms with Gasteiger partial charge in [0.15, 0.2) is 5.65 Å². The molecule has 5 nitrogen and oxygen atoms in total. The maximum atomic E-state index is 12.2. The molecule has 3 aromatic rings. The van der Waals surface area contributed by atoms with E-state index in [2.05, 4.69) is 15.4 Å². The Bertz CT molecular complexity index is 767. The molecule has 0 fully saturated rings. The molecule has 0 aliphatic heterocycles. The summed E-state index contributed by atoms with van der Waals surface area (Å²) in [5.41, 5.74) is 2.25. The standard InChI is InChI=1S/C15H13ClN4O/c16-12-3-1-11(2-4-12)5-8-18-15(21)13-6-9-17-14-7-10-19-20(13)14/h1-4,6-7,9-10H,5,8H2,(H,18,21). The van der Waals surface area contributed by atoms with E-state index in [1.165, 1.54) is 4.52 Å². The average molecular weight is 301 g/mol. The second-order valence-electron chi connectivity index (χ2n) is 4.56. The van der Waals surface area contributed by atoms with E-state index >= 15 is 0 Å². The van der Waals surface area contributed by atoms with Crippen LogP contribution in [0.2, 0.25) is 5.02 Å². The fraction of sp³-hybridized carbons (Fsp3) is 0.133. The number of carbonyl (C=O) groups excluding carboxylic acids is 1. The lowest BCUT2D eigenvalue weighted by Crippen LogP contribution is -2.27. The molecule has 1 amide bonds. The highest BCUT2D eigenvalue weighted by Crippen LogP contribution is 2.09. The summed E-state index contributed by atoms with van der Waals surface area (Å²) in [6, 6.07) is 11.0. The molecule has 0 unspecified atom stereocenters. The van der Waals surface area contributed by atoms with Gasteiger partial charge in [-0.25, -0.2) is 9.50 Å². The van der Waals surface area contributed by atoms with Crippen LogP contribution in [-0.2, 0) is 6.42 Å². The van der Waals surface area contributed by atoms with Crippen LogP contribution in [0.25, 0.3) is 5.65 Å². The minimum Gasteiger partial charge on any atom is -0.350 e. The molecule has 1 N–H and O–H groups in total. The number of rotatable bonds is 4. The van der Waals surface area contributed by atoms with Gasteiger partial charge in [0.1, 0.15) is 5.69 Å². The van der Waals surface area contributed by atoms with Crippen molar-refractivity contribution < 1.29 is 4.79 Å². The third-order valence-corrected chi connectivity index (χ3v) is 3.39. The number of nitrogens with zero attached hydrogens (tertiary/aromatic N) is 3. The summed E-state index contributed by atoms with van der Waals surface area (Å²) < 4.78 is 1.53. The minimum absolute atomic E-state index is 0.167. The summed E-state index contributed by atoms with van der Waals surface area (Å²) >= 11 is 5.84. The second kappa shape index (κ2) is 5.93. The quantitative estimate of drug-likeness (QED) is 0.804. The maximum absolute atomic E-state index is 12.2. The first-order valence-corrected chi connectivity index (χ1v) is 6.93. The van der Waals surface area contributed by atoms with Crippen LogP contribution in [-0.4, -0.2) is 27.0 Å². The summed E-state index contributed by atoms with van der Waals surface area (Å²) in [6.45, 7) is 0.547. The maximum Gasteiger partial charge on any atom is 0.270 e. The summed E-state index contributed by atoms with van der Waals surface area (Å²) in [4.78, 5) is 16.3. The van der Waals surface area contributed by atoms with Crippen molar-refractivity contribution in [2.24, 2.45) is 0 Å². The van der Waals surface area contributed by atoms with Crippen molar-refractivity contribution in [3.8, 4) is 0 Å². The van der Waals surface area contributed by atoms with E-state index in [-0.39, 0.29) is 5.91 Å². The molecular formula is C15H13ClN4O. The predicted octanol–water partition coefficient (Wildman–Crippen LogP) is 2.36. The zero-order chi connectivity index (χ0) is 14.7. The normalized spacial score (nSPS) is 10.7. The van der Waals surface area contributed by atoms with Gasteiger partial charge in [0.05, 0.1) is 6.20 Å². The average Bonchev–Trinajstić information content (AvgIpc) is 2.97. The third-order valence-electron chi connectivity index (χ3n) is 3.14. The Labute approximate surface area is 126 Å². The van der Waals surface area contributed by atoms with Crippen LogP contribution in [0, 0.1) is 0 Å². The number of nitrogens with one attached hydrogen (secondary N) is 1. The Morgan fingerprint density at radius 3 is 2.76 bits per heavy atom. The number of halogens is 1. The van der Waals surface area contributed by atoms with Crippen molar-refractivity contribution in [2.45, 2.75) is 6.42 Å². The molecule has 0 spiro atoms. The summed E-state index contributed by atoms with van der Waals surface area (Å²) in [5.74, 6) is -0.167. The van der Waals surface area contributed by atoms with Crippen molar-refractivity contribution in [1.29, 1.82) is 0 Å². The number of fused-ring (bicyclic) bond motifs is 1. The van der Waals surface area contributed by atoms with Crippen LogP contribution in [0.5, 0.6) is 0 Å². The van der Waals surface area contributed by atoms with Gasteiger partial charge in [0.25, 0.3) is 5.91 Å². The van der Waals surface area contributed by atoms with Gasteiger partial charge in [-0.1, -0.05) is 23.7 Å². The van der Waals surface area contributed by atoms with Crippen LogP contribution in [0.4, 0.5) is 0 Å². The van der Waals surface area contributed by atoms with E-state index in [1.54, 1.807) is 24.5 Å². The van der Waals surface area contributed by atoms with E-state index in [4.69, 9.17) is 11.6 Å². The lowest BCUT2D eigenvalue weighted by Gasteiger charge is -2.06. The van der Waals surface area contributed by atoms with Gasteiger partial charge < -0.3 is 5.32 Å². The topological polar surface area (TPSA) is 59.3 Å². The van der Waals surface area contributed by atoms with Crippen LogP contribution in [0.15, 0.2) is 48.8 Å². The van der Waals surface area contributed by atoms with Gasteiger partial charge in [0.2, 0.25) is 0 Å². The van der Waals surface area contributed by atoms with Gasteiger partial charge in [-0.3, -0.25) is 4.79 Å². The highest BCUT2D eigenvalue weighted by Gasteiger charge is 2.10. The van der Waals surface area contributed by atoms with E-state index in [0.29, 0.717) is 22.9 Å². The Morgan fingerprint density at radius 2 is 1.95 bits per heavy atom. The molecule has 0 atom stereocenters. The molecule has 106 valence electrons. The van der Waals surface area contributed by atoms with Gasteiger partial charge in [-0.15, -0.1) is 0 Å². The van der Waals surface area contributed by atoms with Gasteiger partial charge in [0, 0.05) is 23.8 Å². The monoisotopic (exact) mass is 300 g/mol. The van der Waals surface area contributed by atoms with E-state index < -0.39 is 0 Å².